The summed E-state index contributed by atoms with van der Waals surface area (Å²) in [4.78, 5) is 28.4. The molecule has 1 saturated heterocycles. The fourth-order valence-electron chi connectivity index (χ4n) is 3.21. The first-order valence-corrected chi connectivity index (χ1v) is 9.63. The predicted octanol–water partition coefficient (Wildman–Crippen LogP) is 3.79. The molecule has 2 amide bonds. The molecule has 7 heteroatoms. The highest BCUT2D eigenvalue weighted by Crippen LogP contribution is 2.22. The van der Waals surface area contributed by atoms with Gasteiger partial charge in [-0.15, -0.1) is 0 Å². The highest BCUT2D eigenvalue weighted by Gasteiger charge is 2.25. The zero-order chi connectivity index (χ0) is 21.0. The molecule has 0 N–H and O–H groups in total. The van der Waals surface area contributed by atoms with E-state index in [1.54, 1.807) is 23.0 Å². The zero-order valence-electron chi connectivity index (χ0n) is 16.3. The maximum Gasteiger partial charge on any atom is 0.255 e. The van der Waals surface area contributed by atoms with Crippen molar-refractivity contribution in [3.05, 3.63) is 70.0 Å². The zero-order valence-corrected chi connectivity index (χ0v) is 17.1. The van der Waals surface area contributed by atoms with Gasteiger partial charge in [-0.1, -0.05) is 23.2 Å². The Morgan fingerprint density at radius 3 is 2.41 bits per heavy atom. The van der Waals surface area contributed by atoms with Gasteiger partial charge < -0.3 is 14.5 Å². The number of aryl methyl sites for hydroxylation is 1. The van der Waals surface area contributed by atoms with Crippen LogP contribution in [0.3, 0.4) is 0 Å². The van der Waals surface area contributed by atoms with Crippen molar-refractivity contribution in [1.29, 1.82) is 0 Å². The molecule has 2 aromatic rings. The second kappa shape index (κ2) is 9.09. The van der Waals surface area contributed by atoms with Crippen LogP contribution in [-0.2, 0) is 4.79 Å². The van der Waals surface area contributed by atoms with Crippen LogP contribution in [0.15, 0.2) is 42.5 Å². The van der Waals surface area contributed by atoms with Crippen molar-refractivity contribution in [3.63, 3.8) is 0 Å². The molecule has 1 aliphatic heterocycles. The fraction of sp³-hybridized carbons (Fsp3) is 0.273. The van der Waals surface area contributed by atoms with Crippen LogP contribution in [-0.4, -0.2) is 54.9 Å². The van der Waals surface area contributed by atoms with E-state index >= 15 is 0 Å². The summed E-state index contributed by atoms with van der Waals surface area (Å²) in [5, 5.41) is 0.0866. The van der Waals surface area contributed by atoms with Crippen LogP contribution in [0.1, 0.15) is 21.5 Å². The van der Waals surface area contributed by atoms with Crippen LogP contribution < -0.4 is 4.74 Å². The summed E-state index contributed by atoms with van der Waals surface area (Å²) >= 11 is 5.99. The van der Waals surface area contributed by atoms with E-state index in [0.29, 0.717) is 31.9 Å². The molecular formula is C22H22ClFN2O3. The summed E-state index contributed by atoms with van der Waals surface area (Å²) in [5.74, 6) is -0.173. The summed E-state index contributed by atoms with van der Waals surface area (Å²) < 4.78 is 18.5. The van der Waals surface area contributed by atoms with E-state index in [4.69, 9.17) is 16.3 Å². The van der Waals surface area contributed by atoms with Gasteiger partial charge in [0.15, 0.2) is 0 Å². The van der Waals surface area contributed by atoms with E-state index in [9.17, 15) is 14.0 Å². The Morgan fingerprint density at radius 1 is 1.07 bits per heavy atom. The molecule has 0 bridgehead atoms. The molecule has 0 aliphatic carbocycles. The first kappa shape index (κ1) is 20.9. The van der Waals surface area contributed by atoms with E-state index in [1.165, 1.54) is 18.2 Å². The fourth-order valence-corrected chi connectivity index (χ4v) is 3.46. The van der Waals surface area contributed by atoms with Gasteiger partial charge in [0.05, 0.1) is 17.7 Å². The third kappa shape index (κ3) is 4.95. The number of piperazine rings is 1. The van der Waals surface area contributed by atoms with Gasteiger partial charge >= 0.3 is 0 Å². The van der Waals surface area contributed by atoms with Crippen molar-refractivity contribution in [3.8, 4) is 5.75 Å². The van der Waals surface area contributed by atoms with Crippen molar-refractivity contribution in [2.45, 2.75) is 6.92 Å². The first-order valence-electron chi connectivity index (χ1n) is 9.25. The Morgan fingerprint density at radius 2 is 1.76 bits per heavy atom. The number of rotatable bonds is 4. The Labute approximate surface area is 174 Å². The lowest BCUT2D eigenvalue weighted by Crippen LogP contribution is -2.50. The number of benzene rings is 2. The number of amides is 2. The van der Waals surface area contributed by atoms with Gasteiger partial charge in [-0.2, -0.15) is 0 Å². The summed E-state index contributed by atoms with van der Waals surface area (Å²) in [6.45, 7) is 3.58. The largest absolute Gasteiger partial charge is 0.496 e. The lowest BCUT2D eigenvalue weighted by Gasteiger charge is -2.34. The van der Waals surface area contributed by atoms with Gasteiger partial charge in [0.2, 0.25) is 5.91 Å². The van der Waals surface area contributed by atoms with Crippen LogP contribution in [0.25, 0.3) is 6.08 Å². The summed E-state index contributed by atoms with van der Waals surface area (Å²) in [6, 6.07) is 9.48. The molecule has 1 aliphatic rings. The highest BCUT2D eigenvalue weighted by molar-refractivity contribution is 6.33. The smallest absolute Gasteiger partial charge is 0.255 e. The molecule has 152 valence electrons. The van der Waals surface area contributed by atoms with Crippen LogP contribution in [0.2, 0.25) is 5.02 Å². The summed E-state index contributed by atoms with van der Waals surface area (Å²) in [7, 11) is 1.59. The normalized spacial score (nSPS) is 14.3. The molecule has 29 heavy (non-hydrogen) atoms. The molecule has 0 atom stereocenters. The molecule has 0 aromatic heterocycles. The minimum Gasteiger partial charge on any atom is -0.496 e. The molecule has 1 heterocycles. The number of nitrogens with zero attached hydrogens (tertiary/aromatic N) is 2. The van der Waals surface area contributed by atoms with E-state index in [0.717, 1.165) is 17.2 Å². The minimum absolute atomic E-state index is 0.0866. The molecule has 0 unspecified atom stereocenters. The third-order valence-corrected chi connectivity index (χ3v) is 5.14. The Hall–Kier alpha value is -2.86. The van der Waals surface area contributed by atoms with E-state index in [-0.39, 0.29) is 22.4 Å². The number of methoxy groups -OCH3 is 1. The minimum atomic E-state index is -0.487. The van der Waals surface area contributed by atoms with Crippen molar-refractivity contribution >= 4 is 29.5 Å². The SMILES string of the molecule is COc1ccc(C)cc1/C=C/C(=O)N1CCN(C(=O)c2ccc(F)cc2Cl)CC1. The van der Waals surface area contributed by atoms with Crippen molar-refractivity contribution < 1.29 is 18.7 Å². The Bertz CT molecular complexity index is 953. The van der Waals surface area contributed by atoms with Gasteiger partial charge in [0.25, 0.3) is 5.91 Å². The van der Waals surface area contributed by atoms with Crippen LogP contribution in [0, 0.1) is 12.7 Å². The van der Waals surface area contributed by atoms with Crippen LogP contribution >= 0.6 is 11.6 Å². The molecule has 3 rings (SSSR count). The molecule has 5 nitrogen and oxygen atoms in total. The topological polar surface area (TPSA) is 49.9 Å². The van der Waals surface area contributed by atoms with Crippen LogP contribution in [0.4, 0.5) is 4.39 Å². The predicted molar refractivity (Wildman–Crippen MR) is 111 cm³/mol. The van der Waals surface area contributed by atoms with Gasteiger partial charge in [0, 0.05) is 37.8 Å². The van der Waals surface area contributed by atoms with Gasteiger partial charge in [0.1, 0.15) is 11.6 Å². The number of carbonyl (C=O) groups excluding carboxylic acids is 2. The maximum atomic E-state index is 13.2. The first-order chi connectivity index (χ1) is 13.9. The lowest BCUT2D eigenvalue weighted by atomic mass is 10.1. The number of hydrogen-bond donors (Lipinski definition) is 0. The molecule has 2 aromatic carbocycles. The quantitative estimate of drug-likeness (QED) is 0.712. The number of carbonyl (C=O) groups is 2. The van der Waals surface area contributed by atoms with Crippen molar-refractivity contribution in [2.75, 3.05) is 33.3 Å². The monoisotopic (exact) mass is 416 g/mol. The molecule has 0 saturated carbocycles. The van der Waals surface area contributed by atoms with E-state index in [2.05, 4.69) is 0 Å². The lowest BCUT2D eigenvalue weighted by molar-refractivity contribution is -0.127. The van der Waals surface area contributed by atoms with Gasteiger partial charge in [-0.3, -0.25) is 9.59 Å². The van der Waals surface area contributed by atoms with Crippen LogP contribution in [0.5, 0.6) is 5.75 Å². The molecule has 0 spiro atoms. The van der Waals surface area contributed by atoms with E-state index in [1.807, 2.05) is 25.1 Å². The summed E-state index contributed by atoms with van der Waals surface area (Å²) in [5.41, 5.74) is 2.17. The number of ether oxygens (including phenoxy) is 1. The van der Waals surface area contributed by atoms with E-state index < -0.39 is 5.82 Å². The van der Waals surface area contributed by atoms with Gasteiger partial charge in [-0.05, 0) is 43.3 Å². The Balaban J connectivity index is 1.61. The maximum absolute atomic E-state index is 13.2. The highest BCUT2D eigenvalue weighted by atomic mass is 35.5. The number of halogens is 2. The third-order valence-electron chi connectivity index (χ3n) is 4.83. The second-order valence-corrected chi connectivity index (χ2v) is 7.23. The molecule has 0 radical (unpaired) electrons. The van der Waals surface area contributed by atoms with Crippen molar-refractivity contribution in [2.24, 2.45) is 0 Å². The Kier molecular flexibility index (Phi) is 6.54. The number of hydrogen-bond acceptors (Lipinski definition) is 3. The standard InChI is InChI=1S/C22H22ClFN2O3/c1-15-3-7-20(29-2)16(13-15)4-8-21(27)25-9-11-26(12-10-25)22(28)18-6-5-17(24)14-19(18)23/h3-8,13-14H,9-12H2,1-2H3/b8-4+. The average molecular weight is 417 g/mol. The second-order valence-electron chi connectivity index (χ2n) is 6.82. The molecule has 1 fully saturated rings. The molecular weight excluding hydrogens is 395 g/mol. The van der Waals surface area contributed by atoms with Gasteiger partial charge in [-0.25, -0.2) is 4.39 Å². The van der Waals surface area contributed by atoms with Crippen molar-refractivity contribution in [1.82, 2.24) is 9.80 Å². The average Bonchev–Trinajstić information content (AvgIpc) is 2.72. The summed E-state index contributed by atoms with van der Waals surface area (Å²) in [6.07, 6.45) is 3.26.